The van der Waals surface area contributed by atoms with Crippen LogP contribution >= 0.6 is 0 Å². The Hall–Kier alpha value is -1.29. The average molecular weight is 209 g/mol. The van der Waals surface area contributed by atoms with Crippen molar-refractivity contribution in [3.05, 3.63) is 28.3 Å². The maximum Gasteiger partial charge on any atom is 0.226 e. The van der Waals surface area contributed by atoms with Crippen molar-refractivity contribution in [2.75, 3.05) is 13.1 Å². The molecule has 1 N–H and O–H groups in total. The van der Waals surface area contributed by atoms with E-state index in [9.17, 15) is 4.79 Å². The summed E-state index contributed by atoms with van der Waals surface area (Å²) in [6, 6.07) is 1.37. The molecule has 4 nitrogen and oxygen atoms in total. The van der Waals surface area contributed by atoms with E-state index in [0.717, 1.165) is 19.4 Å². The van der Waals surface area contributed by atoms with Crippen molar-refractivity contribution in [2.45, 2.75) is 25.8 Å². The molecule has 0 amide bonds. The molecule has 1 aliphatic heterocycles. The first-order chi connectivity index (χ1) is 7.25. The van der Waals surface area contributed by atoms with E-state index in [2.05, 4.69) is 4.90 Å². The Kier molecular flexibility index (Phi) is 3.06. The molecule has 0 aliphatic carbocycles. The number of nitrogens with zero attached hydrogens (tertiary/aromatic N) is 1. The van der Waals surface area contributed by atoms with Gasteiger partial charge in [0.1, 0.15) is 12.0 Å². The summed E-state index contributed by atoms with van der Waals surface area (Å²) in [5, 5.41) is 9.03. The molecule has 0 bridgehead atoms. The third kappa shape index (κ3) is 2.59. The molecule has 1 aromatic rings. The Labute approximate surface area is 88.1 Å². The topological polar surface area (TPSA) is 53.7 Å². The van der Waals surface area contributed by atoms with Gasteiger partial charge >= 0.3 is 0 Å². The van der Waals surface area contributed by atoms with E-state index in [1.54, 1.807) is 0 Å². The fourth-order valence-corrected chi connectivity index (χ4v) is 1.86. The Morgan fingerprint density at radius 3 is 2.73 bits per heavy atom. The van der Waals surface area contributed by atoms with Crippen LogP contribution in [0.4, 0.5) is 0 Å². The van der Waals surface area contributed by atoms with Gasteiger partial charge in [0.15, 0.2) is 5.75 Å². The summed E-state index contributed by atoms with van der Waals surface area (Å²) in [6.07, 6.45) is 4.82. The second-order valence-corrected chi connectivity index (χ2v) is 3.93. The second kappa shape index (κ2) is 4.49. The highest BCUT2D eigenvalue weighted by atomic mass is 16.4. The van der Waals surface area contributed by atoms with Crippen molar-refractivity contribution >= 4 is 0 Å². The van der Waals surface area contributed by atoms with Crippen molar-refractivity contribution in [1.82, 2.24) is 4.90 Å². The number of aromatic hydroxyl groups is 1. The Bertz CT molecular complexity index is 380. The van der Waals surface area contributed by atoms with Gasteiger partial charge in [-0.1, -0.05) is 6.42 Å². The predicted octanol–water partition coefficient (Wildman–Crippen LogP) is 1.33. The molecule has 1 fully saturated rings. The molecular weight excluding hydrogens is 194 g/mol. The van der Waals surface area contributed by atoms with E-state index >= 15 is 0 Å². The average Bonchev–Trinajstić information content (AvgIpc) is 2.25. The van der Waals surface area contributed by atoms with Gasteiger partial charge in [-0.25, -0.2) is 0 Å². The van der Waals surface area contributed by atoms with Crippen molar-refractivity contribution in [3.8, 4) is 5.75 Å². The minimum atomic E-state index is -0.367. The summed E-state index contributed by atoms with van der Waals surface area (Å²) in [7, 11) is 0. The van der Waals surface area contributed by atoms with Gasteiger partial charge in [-0.15, -0.1) is 0 Å². The number of likely N-dealkylation sites (tertiary alicyclic amines) is 1. The van der Waals surface area contributed by atoms with Crippen LogP contribution in [0.3, 0.4) is 0 Å². The highest BCUT2D eigenvalue weighted by molar-refractivity contribution is 5.15. The normalized spacial score (nSPS) is 17.9. The zero-order valence-electron chi connectivity index (χ0n) is 8.61. The van der Waals surface area contributed by atoms with Crippen LogP contribution in [0.1, 0.15) is 25.0 Å². The Morgan fingerprint density at radius 1 is 1.33 bits per heavy atom. The first-order valence-corrected chi connectivity index (χ1v) is 5.29. The molecule has 2 heterocycles. The second-order valence-electron chi connectivity index (χ2n) is 3.93. The lowest BCUT2D eigenvalue weighted by Gasteiger charge is -2.25. The van der Waals surface area contributed by atoms with Gasteiger partial charge in [-0.3, -0.25) is 9.69 Å². The molecule has 1 aliphatic rings. The number of hydrogen-bond donors (Lipinski definition) is 1. The van der Waals surface area contributed by atoms with Crippen LogP contribution < -0.4 is 5.43 Å². The van der Waals surface area contributed by atoms with E-state index in [1.165, 1.54) is 25.3 Å². The molecule has 4 heteroatoms. The Morgan fingerprint density at radius 2 is 2.07 bits per heavy atom. The van der Waals surface area contributed by atoms with Gasteiger partial charge in [0.05, 0.1) is 6.54 Å². The van der Waals surface area contributed by atoms with Crippen LogP contribution in [0.2, 0.25) is 0 Å². The van der Waals surface area contributed by atoms with Crippen LogP contribution in [0, 0.1) is 0 Å². The van der Waals surface area contributed by atoms with E-state index in [1.807, 2.05) is 0 Å². The van der Waals surface area contributed by atoms with E-state index in [4.69, 9.17) is 9.52 Å². The number of hydrogen-bond acceptors (Lipinski definition) is 4. The monoisotopic (exact) mass is 209 g/mol. The van der Waals surface area contributed by atoms with Crippen molar-refractivity contribution in [3.63, 3.8) is 0 Å². The quantitative estimate of drug-likeness (QED) is 0.798. The lowest BCUT2D eigenvalue weighted by atomic mass is 10.1. The van der Waals surface area contributed by atoms with Crippen molar-refractivity contribution < 1.29 is 9.52 Å². The third-order valence-electron chi connectivity index (χ3n) is 2.69. The molecule has 0 saturated carbocycles. The molecule has 1 aromatic heterocycles. The van der Waals surface area contributed by atoms with Crippen LogP contribution in [0.25, 0.3) is 0 Å². The molecule has 0 radical (unpaired) electrons. The molecule has 0 aromatic carbocycles. The Balaban J connectivity index is 2.03. The zero-order valence-corrected chi connectivity index (χ0v) is 8.61. The summed E-state index contributed by atoms with van der Waals surface area (Å²) in [6.45, 7) is 2.78. The van der Waals surface area contributed by atoms with Gasteiger partial charge in [0.25, 0.3) is 0 Å². The van der Waals surface area contributed by atoms with E-state index < -0.39 is 0 Å². The minimum Gasteiger partial charge on any atom is -0.502 e. The fourth-order valence-electron chi connectivity index (χ4n) is 1.86. The molecule has 0 spiro atoms. The summed E-state index contributed by atoms with van der Waals surface area (Å²) >= 11 is 0. The summed E-state index contributed by atoms with van der Waals surface area (Å²) in [5.41, 5.74) is -0.367. The summed E-state index contributed by atoms with van der Waals surface area (Å²) < 4.78 is 5.15. The maximum absolute atomic E-state index is 11.2. The first-order valence-electron chi connectivity index (χ1n) is 5.29. The highest BCUT2D eigenvalue weighted by Crippen LogP contribution is 2.12. The van der Waals surface area contributed by atoms with Gasteiger partial charge in [0, 0.05) is 6.07 Å². The standard InChI is InChI=1S/C11H15NO3/c13-10-6-9(15-8-11(10)14)7-12-4-2-1-3-5-12/h6,8,14H,1-5,7H2. The smallest absolute Gasteiger partial charge is 0.226 e. The molecule has 1 saturated heterocycles. The first kappa shape index (κ1) is 10.2. The SMILES string of the molecule is O=c1cc(CN2CCCCC2)occ1O. The third-order valence-corrected chi connectivity index (χ3v) is 2.69. The number of rotatable bonds is 2. The zero-order chi connectivity index (χ0) is 10.7. The molecule has 15 heavy (non-hydrogen) atoms. The molecular formula is C11H15NO3. The molecule has 0 unspecified atom stereocenters. The fraction of sp³-hybridized carbons (Fsp3) is 0.545. The minimum absolute atomic E-state index is 0.322. The van der Waals surface area contributed by atoms with Crippen LogP contribution in [0.15, 0.2) is 21.5 Å². The molecule has 2 rings (SSSR count). The van der Waals surface area contributed by atoms with Gasteiger partial charge in [-0.2, -0.15) is 0 Å². The summed E-state index contributed by atoms with van der Waals surface area (Å²) in [4.78, 5) is 13.4. The van der Waals surface area contributed by atoms with Crippen LogP contribution in [-0.2, 0) is 6.54 Å². The van der Waals surface area contributed by atoms with E-state index in [0.29, 0.717) is 12.3 Å². The predicted molar refractivity (Wildman–Crippen MR) is 55.8 cm³/mol. The number of piperidine rings is 1. The highest BCUT2D eigenvalue weighted by Gasteiger charge is 2.12. The largest absolute Gasteiger partial charge is 0.502 e. The van der Waals surface area contributed by atoms with Gasteiger partial charge in [-0.05, 0) is 25.9 Å². The lowest BCUT2D eigenvalue weighted by Crippen LogP contribution is -2.29. The van der Waals surface area contributed by atoms with Crippen molar-refractivity contribution in [1.29, 1.82) is 0 Å². The van der Waals surface area contributed by atoms with Crippen LogP contribution in [0.5, 0.6) is 5.75 Å². The van der Waals surface area contributed by atoms with Crippen LogP contribution in [-0.4, -0.2) is 23.1 Å². The van der Waals surface area contributed by atoms with Crippen molar-refractivity contribution in [2.24, 2.45) is 0 Å². The molecule has 82 valence electrons. The maximum atomic E-state index is 11.2. The van der Waals surface area contributed by atoms with E-state index in [-0.39, 0.29) is 11.2 Å². The molecule has 0 atom stereocenters. The lowest BCUT2D eigenvalue weighted by molar-refractivity contribution is 0.202. The summed E-state index contributed by atoms with van der Waals surface area (Å²) in [5.74, 6) is 0.303. The van der Waals surface area contributed by atoms with Gasteiger partial charge in [0.2, 0.25) is 5.43 Å². The van der Waals surface area contributed by atoms with Gasteiger partial charge < -0.3 is 9.52 Å².